The van der Waals surface area contributed by atoms with E-state index in [1.807, 2.05) is 0 Å². The lowest BCUT2D eigenvalue weighted by Crippen LogP contribution is -2.33. The first-order chi connectivity index (χ1) is 10.7. The van der Waals surface area contributed by atoms with Gasteiger partial charge in [0.2, 0.25) is 5.91 Å². The van der Waals surface area contributed by atoms with Crippen molar-refractivity contribution in [2.45, 2.75) is 25.7 Å². The third-order valence-corrected chi connectivity index (χ3v) is 3.67. The molecule has 1 aliphatic rings. The van der Waals surface area contributed by atoms with E-state index in [0.29, 0.717) is 18.9 Å². The number of benzene rings is 1. The molecule has 0 saturated carbocycles. The fourth-order valence-corrected chi connectivity index (χ4v) is 2.42. The van der Waals surface area contributed by atoms with Crippen molar-refractivity contribution >= 4 is 11.9 Å². The molecule has 2 rings (SSSR count). The molecule has 22 heavy (non-hydrogen) atoms. The summed E-state index contributed by atoms with van der Waals surface area (Å²) in [5.74, 6) is -0.187. The second kappa shape index (κ2) is 8.22. The molecule has 2 N–H and O–H groups in total. The summed E-state index contributed by atoms with van der Waals surface area (Å²) in [5.41, 5.74) is 0.225. The number of aromatic carboxylic acids is 1. The molecule has 1 aromatic rings. The summed E-state index contributed by atoms with van der Waals surface area (Å²) in [6.45, 7) is 0.812. The van der Waals surface area contributed by atoms with Crippen molar-refractivity contribution in [3.05, 3.63) is 42.0 Å². The predicted molar refractivity (Wildman–Crippen MR) is 83.0 cm³/mol. The zero-order chi connectivity index (χ0) is 15.8. The highest BCUT2D eigenvalue weighted by Gasteiger charge is 2.17. The topological polar surface area (TPSA) is 75.6 Å². The van der Waals surface area contributed by atoms with E-state index in [2.05, 4.69) is 17.5 Å². The quantitative estimate of drug-likeness (QED) is 0.626. The monoisotopic (exact) mass is 303 g/mol. The van der Waals surface area contributed by atoms with Crippen LogP contribution >= 0.6 is 0 Å². The van der Waals surface area contributed by atoms with Crippen molar-refractivity contribution in [1.29, 1.82) is 0 Å². The summed E-state index contributed by atoms with van der Waals surface area (Å²) in [6, 6.07) is 6.22. The molecule has 0 aromatic heterocycles. The van der Waals surface area contributed by atoms with Gasteiger partial charge in [-0.3, -0.25) is 4.79 Å². The van der Waals surface area contributed by atoms with E-state index in [-0.39, 0.29) is 17.4 Å². The van der Waals surface area contributed by atoms with Crippen molar-refractivity contribution in [1.82, 2.24) is 5.32 Å². The molecule has 0 aliphatic heterocycles. The van der Waals surface area contributed by atoms with Crippen LogP contribution in [0.3, 0.4) is 0 Å². The average molecular weight is 303 g/mol. The number of allylic oxidation sites excluding steroid dienone is 2. The Balaban J connectivity index is 1.68. The molecule has 0 unspecified atom stereocenters. The fourth-order valence-electron chi connectivity index (χ4n) is 2.42. The number of ether oxygens (including phenoxy) is 1. The maximum absolute atomic E-state index is 12.0. The number of carbonyl (C=O) groups is 2. The Morgan fingerprint density at radius 2 is 1.77 bits per heavy atom. The van der Waals surface area contributed by atoms with Crippen molar-refractivity contribution in [3.8, 4) is 5.75 Å². The van der Waals surface area contributed by atoms with Crippen molar-refractivity contribution in [2.75, 3.05) is 13.2 Å². The minimum absolute atomic E-state index is 0.0878. The van der Waals surface area contributed by atoms with Gasteiger partial charge in [0.1, 0.15) is 12.4 Å². The first-order valence-corrected chi connectivity index (χ1v) is 7.55. The van der Waals surface area contributed by atoms with E-state index >= 15 is 0 Å². The van der Waals surface area contributed by atoms with E-state index in [1.54, 1.807) is 12.1 Å². The van der Waals surface area contributed by atoms with Gasteiger partial charge in [0, 0.05) is 5.92 Å². The lowest BCUT2D eigenvalue weighted by atomic mass is 9.99. The summed E-state index contributed by atoms with van der Waals surface area (Å²) in [5, 5.41) is 11.7. The van der Waals surface area contributed by atoms with E-state index < -0.39 is 5.97 Å². The maximum Gasteiger partial charge on any atom is 0.335 e. The van der Waals surface area contributed by atoms with Gasteiger partial charge in [-0.25, -0.2) is 4.79 Å². The standard InChI is InChI=1S/C17H21NO4/c19-16(13-5-3-1-2-4-6-13)18-11-12-22-15-9-7-14(8-10-15)17(20)21/h1-2,7-10,13H,3-6,11-12H2,(H,18,19)(H,20,21). The average Bonchev–Trinajstić information content (AvgIpc) is 2.81. The molecule has 1 aliphatic carbocycles. The van der Waals surface area contributed by atoms with Crippen LogP contribution in [0.25, 0.3) is 0 Å². The molecule has 0 spiro atoms. The summed E-state index contributed by atoms with van der Waals surface area (Å²) in [6.07, 6.45) is 8.00. The Morgan fingerprint density at radius 3 is 2.36 bits per heavy atom. The van der Waals surface area contributed by atoms with Gasteiger partial charge in [-0.2, -0.15) is 0 Å². The molecule has 0 fully saturated rings. The van der Waals surface area contributed by atoms with Gasteiger partial charge in [-0.15, -0.1) is 0 Å². The first-order valence-electron chi connectivity index (χ1n) is 7.55. The van der Waals surface area contributed by atoms with Gasteiger partial charge >= 0.3 is 5.97 Å². The number of amides is 1. The van der Waals surface area contributed by atoms with Crippen LogP contribution in [0, 0.1) is 5.92 Å². The van der Waals surface area contributed by atoms with Crippen LogP contribution in [0.5, 0.6) is 5.75 Å². The highest BCUT2D eigenvalue weighted by Crippen LogP contribution is 2.18. The number of carboxylic acids is 1. The van der Waals surface area contributed by atoms with E-state index in [0.717, 1.165) is 25.7 Å². The van der Waals surface area contributed by atoms with Gasteiger partial charge in [0.05, 0.1) is 12.1 Å². The van der Waals surface area contributed by atoms with Crippen LogP contribution in [0.2, 0.25) is 0 Å². The summed E-state index contributed by atoms with van der Waals surface area (Å²) < 4.78 is 5.48. The Morgan fingerprint density at radius 1 is 1.14 bits per heavy atom. The van der Waals surface area contributed by atoms with Gasteiger partial charge < -0.3 is 15.2 Å². The van der Waals surface area contributed by atoms with Crippen molar-refractivity contribution in [2.24, 2.45) is 5.92 Å². The van der Waals surface area contributed by atoms with Crippen LogP contribution in [0.15, 0.2) is 36.4 Å². The summed E-state index contributed by atoms with van der Waals surface area (Å²) >= 11 is 0. The van der Waals surface area contributed by atoms with Gasteiger partial charge in [-0.1, -0.05) is 12.2 Å². The maximum atomic E-state index is 12.0. The second-order valence-electron chi connectivity index (χ2n) is 5.29. The highest BCUT2D eigenvalue weighted by molar-refractivity contribution is 5.87. The molecular weight excluding hydrogens is 282 g/mol. The largest absolute Gasteiger partial charge is 0.492 e. The minimum atomic E-state index is -0.961. The Bertz CT molecular complexity index is 526. The third-order valence-electron chi connectivity index (χ3n) is 3.67. The number of hydrogen-bond acceptors (Lipinski definition) is 3. The Labute approximate surface area is 130 Å². The second-order valence-corrected chi connectivity index (χ2v) is 5.29. The van der Waals surface area contributed by atoms with E-state index in [1.165, 1.54) is 12.1 Å². The third kappa shape index (κ3) is 4.91. The van der Waals surface area contributed by atoms with Crippen LogP contribution in [-0.2, 0) is 4.79 Å². The minimum Gasteiger partial charge on any atom is -0.492 e. The molecule has 1 amide bonds. The zero-order valence-electron chi connectivity index (χ0n) is 12.5. The number of nitrogens with one attached hydrogen (secondary N) is 1. The molecule has 5 heteroatoms. The molecule has 0 saturated heterocycles. The number of carbonyl (C=O) groups excluding carboxylic acids is 1. The van der Waals surface area contributed by atoms with Crippen LogP contribution < -0.4 is 10.1 Å². The smallest absolute Gasteiger partial charge is 0.335 e. The zero-order valence-corrected chi connectivity index (χ0v) is 12.5. The molecule has 0 atom stereocenters. The SMILES string of the molecule is O=C(O)c1ccc(OCCNC(=O)C2CCC=CCC2)cc1. The molecular formula is C17H21NO4. The molecule has 1 aromatic carbocycles. The van der Waals surface area contributed by atoms with Gasteiger partial charge in [0.25, 0.3) is 0 Å². The van der Waals surface area contributed by atoms with E-state index in [4.69, 9.17) is 9.84 Å². The molecule has 0 heterocycles. The van der Waals surface area contributed by atoms with Crippen molar-refractivity contribution in [3.63, 3.8) is 0 Å². The lowest BCUT2D eigenvalue weighted by Gasteiger charge is -2.14. The fraction of sp³-hybridized carbons (Fsp3) is 0.412. The Hall–Kier alpha value is -2.30. The molecule has 5 nitrogen and oxygen atoms in total. The molecule has 118 valence electrons. The lowest BCUT2D eigenvalue weighted by molar-refractivity contribution is -0.125. The van der Waals surface area contributed by atoms with Gasteiger partial charge in [0.15, 0.2) is 0 Å². The van der Waals surface area contributed by atoms with Crippen LogP contribution in [-0.4, -0.2) is 30.1 Å². The predicted octanol–water partition coefficient (Wildman–Crippen LogP) is 2.63. The number of hydrogen-bond donors (Lipinski definition) is 2. The molecule has 0 radical (unpaired) electrons. The van der Waals surface area contributed by atoms with Crippen LogP contribution in [0.1, 0.15) is 36.0 Å². The van der Waals surface area contributed by atoms with E-state index in [9.17, 15) is 9.59 Å². The normalized spacial score (nSPS) is 15.1. The highest BCUT2D eigenvalue weighted by atomic mass is 16.5. The van der Waals surface area contributed by atoms with Gasteiger partial charge in [-0.05, 0) is 49.9 Å². The van der Waals surface area contributed by atoms with Crippen LogP contribution in [0.4, 0.5) is 0 Å². The number of carboxylic acid groups (broad SMARTS) is 1. The van der Waals surface area contributed by atoms with Crippen molar-refractivity contribution < 1.29 is 19.4 Å². The number of rotatable bonds is 6. The first kappa shape index (κ1) is 16.1. The molecule has 0 bridgehead atoms. The summed E-state index contributed by atoms with van der Waals surface area (Å²) in [4.78, 5) is 22.8. The summed E-state index contributed by atoms with van der Waals surface area (Å²) in [7, 11) is 0. The Kier molecular flexibility index (Phi) is 6.01.